The number of benzene rings is 1. The summed E-state index contributed by atoms with van der Waals surface area (Å²) in [6, 6.07) is 5.88. The Morgan fingerprint density at radius 3 is 2.43 bits per heavy atom. The number of rotatable bonds is 5. The van der Waals surface area contributed by atoms with Crippen molar-refractivity contribution in [3.8, 4) is 0 Å². The standard InChI is InChI=1S/C17H18BrClO4/c1-17(2)22-15(20)12(16(21)23-17)7-5-3-4-6-11-8-9-13(18)14(19)10-11/h7-10H,3-6H2,1-2H3. The summed E-state index contributed by atoms with van der Waals surface area (Å²) in [6.07, 6.45) is 4.87. The quantitative estimate of drug-likeness (QED) is 0.314. The van der Waals surface area contributed by atoms with Crippen LogP contribution in [-0.4, -0.2) is 17.7 Å². The van der Waals surface area contributed by atoms with Crippen molar-refractivity contribution < 1.29 is 19.1 Å². The minimum Gasteiger partial charge on any atom is -0.419 e. The van der Waals surface area contributed by atoms with Crippen LogP contribution in [-0.2, 0) is 25.5 Å². The van der Waals surface area contributed by atoms with Gasteiger partial charge in [-0.3, -0.25) is 0 Å². The fourth-order valence-electron chi connectivity index (χ4n) is 2.24. The van der Waals surface area contributed by atoms with Gasteiger partial charge >= 0.3 is 11.9 Å². The summed E-state index contributed by atoms with van der Waals surface area (Å²) in [7, 11) is 0. The first-order chi connectivity index (χ1) is 10.8. The number of carbonyl (C=O) groups is 2. The molecule has 0 unspecified atom stereocenters. The molecule has 1 heterocycles. The second kappa shape index (κ2) is 7.49. The molecule has 1 saturated heterocycles. The van der Waals surface area contributed by atoms with Gasteiger partial charge in [-0.05, 0) is 59.3 Å². The van der Waals surface area contributed by atoms with Crippen LogP contribution in [0.3, 0.4) is 0 Å². The molecule has 23 heavy (non-hydrogen) atoms. The molecule has 124 valence electrons. The van der Waals surface area contributed by atoms with Crippen LogP contribution in [0, 0.1) is 0 Å². The zero-order valence-corrected chi connectivity index (χ0v) is 15.4. The van der Waals surface area contributed by atoms with Crippen molar-refractivity contribution in [3.63, 3.8) is 0 Å². The van der Waals surface area contributed by atoms with Crippen LogP contribution in [0.25, 0.3) is 0 Å². The smallest absolute Gasteiger partial charge is 0.348 e. The highest BCUT2D eigenvalue weighted by atomic mass is 79.9. The van der Waals surface area contributed by atoms with Crippen molar-refractivity contribution in [1.29, 1.82) is 0 Å². The number of halogens is 2. The van der Waals surface area contributed by atoms with Gasteiger partial charge in [0.25, 0.3) is 5.79 Å². The molecule has 0 N–H and O–H groups in total. The SMILES string of the molecule is CC1(C)OC(=O)C(=CCCCCc2ccc(Br)c(Cl)c2)C(=O)O1. The molecule has 0 radical (unpaired) electrons. The van der Waals surface area contributed by atoms with Gasteiger partial charge in [0, 0.05) is 18.3 Å². The number of cyclic esters (lactones) is 2. The average Bonchev–Trinajstić information content (AvgIpc) is 2.43. The third-order valence-corrected chi connectivity index (χ3v) is 4.60. The van der Waals surface area contributed by atoms with E-state index in [4.69, 9.17) is 21.1 Å². The minimum atomic E-state index is -1.19. The van der Waals surface area contributed by atoms with E-state index in [0.717, 1.165) is 29.3 Å². The van der Waals surface area contributed by atoms with Gasteiger partial charge in [0.1, 0.15) is 5.57 Å². The molecule has 0 atom stereocenters. The van der Waals surface area contributed by atoms with E-state index in [1.165, 1.54) is 13.8 Å². The lowest BCUT2D eigenvalue weighted by Gasteiger charge is -2.29. The van der Waals surface area contributed by atoms with E-state index >= 15 is 0 Å². The molecule has 4 nitrogen and oxygen atoms in total. The van der Waals surface area contributed by atoms with Gasteiger partial charge in [-0.15, -0.1) is 0 Å². The topological polar surface area (TPSA) is 52.6 Å². The molecular formula is C17H18BrClO4. The number of esters is 2. The molecule has 0 aliphatic carbocycles. The first-order valence-corrected chi connectivity index (χ1v) is 8.56. The third-order valence-electron chi connectivity index (χ3n) is 3.37. The maximum Gasteiger partial charge on any atom is 0.348 e. The highest BCUT2D eigenvalue weighted by molar-refractivity contribution is 9.10. The molecule has 2 rings (SSSR count). The summed E-state index contributed by atoms with van der Waals surface area (Å²) in [5.74, 6) is -2.43. The second-order valence-corrected chi connectivity index (χ2v) is 7.05. The van der Waals surface area contributed by atoms with E-state index in [2.05, 4.69) is 15.9 Å². The zero-order valence-electron chi connectivity index (χ0n) is 13.0. The molecule has 1 aliphatic rings. The monoisotopic (exact) mass is 400 g/mol. The predicted molar refractivity (Wildman–Crippen MR) is 91.1 cm³/mol. The van der Waals surface area contributed by atoms with Gasteiger partial charge in [-0.25, -0.2) is 9.59 Å². The Kier molecular flexibility index (Phi) is 5.87. The summed E-state index contributed by atoms with van der Waals surface area (Å²) < 4.78 is 11.0. The van der Waals surface area contributed by atoms with E-state index in [1.54, 1.807) is 6.08 Å². The molecule has 0 aromatic heterocycles. The first-order valence-electron chi connectivity index (χ1n) is 7.39. The van der Waals surface area contributed by atoms with Crippen LogP contribution in [0.15, 0.2) is 34.3 Å². The number of unbranched alkanes of at least 4 members (excludes halogenated alkanes) is 2. The third kappa shape index (κ3) is 5.08. The van der Waals surface area contributed by atoms with Crippen LogP contribution in [0.4, 0.5) is 0 Å². The number of carbonyl (C=O) groups excluding carboxylic acids is 2. The van der Waals surface area contributed by atoms with Gasteiger partial charge in [0.15, 0.2) is 0 Å². The van der Waals surface area contributed by atoms with Gasteiger partial charge in [-0.2, -0.15) is 0 Å². The fraction of sp³-hybridized carbons (Fsp3) is 0.412. The predicted octanol–water partition coefficient (Wildman–Crippen LogP) is 4.58. The van der Waals surface area contributed by atoms with Crippen molar-refractivity contribution in [2.45, 2.75) is 45.3 Å². The van der Waals surface area contributed by atoms with Crippen LogP contribution in [0.5, 0.6) is 0 Å². The average molecular weight is 402 g/mol. The van der Waals surface area contributed by atoms with Gasteiger partial charge in [0.05, 0.1) is 5.02 Å². The highest BCUT2D eigenvalue weighted by Gasteiger charge is 2.38. The van der Waals surface area contributed by atoms with Crippen molar-refractivity contribution in [3.05, 3.63) is 44.9 Å². The van der Waals surface area contributed by atoms with E-state index in [0.29, 0.717) is 11.4 Å². The van der Waals surface area contributed by atoms with Crippen molar-refractivity contribution in [1.82, 2.24) is 0 Å². The molecule has 1 fully saturated rings. The van der Waals surface area contributed by atoms with Crippen LogP contribution < -0.4 is 0 Å². The lowest BCUT2D eigenvalue weighted by molar-refractivity contribution is -0.222. The Hall–Kier alpha value is -1.33. The van der Waals surface area contributed by atoms with E-state index in [1.807, 2.05) is 18.2 Å². The molecule has 1 aliphatic heterocycles. The molecular weight excluding hydrogens is 384 g/mol. The Labute approximate surface area is 148 Å². The Morgan fingerprint density at radius 1 is 1.17 bits per heavy atom. The summed E-state index contributed by atoms with van der Waals surface area (Å²) in [5, 5.41) is 0.694. The summed E-state index contributed by atoms with van der Waals surface area (Å²) >= 11 is 9.41. The van der Waals surface area contributed by atoms with Gasteiger partial charge in [-0.1, -0.05) is 23.7 Å². The summed E-state index contributed by atoms with van der Waals surface area (Å²) in [4.78, 5) is 23.5. The van der Waals surface area contributed by atoms with Crippen molar-refractivity contribution in [2.75, 3.05) is 0 Å². The van der Waals surface area contributed by atoms with Crippen LogP contribution in [0.1, 0.15) is 38.7 Å². The highest BCUT2D eigenvalue weighted by Crippen LogP contribution is 2.25. The van der Waals surface area contributed by atoms with E-state index < -0.39 is 17.7 Å². The number of aryl methyl sites for hydroxylation is 1. The minimum absolute atomic E-state index is 0.0176. The fourth-order valence-corrected chi connectivity index (χ4v) is 2.69. The normalized spacial score (nSPS) is 16.8. The van der Waals surface area contributed by atoms with E-state index in [-0.39, 0.29) is 5.57 Å². The molecule has 0 spiro atoms. The zero-order chi connectivity index (χ0) is 17.0. The number of hydrogen-bond acceptors (Lipinski definition) is 4. The van der Waals surface area contributed by atoms with Crippen molar-refractivity contribution in [2.24, 2.45) is 0 Å². The van der Waals surface area contributed by atoms with E-state index in [9.17, 15) is 9.59 Å². The molecule has 0 amide bonds. The number of ether oxygens (including phenoxy) is 2. The maximum absolute atomic E-state index is 11.8. The summed E-state index contributed by atoms with van der Waals surface area (Å²) in [5.41, 5.74) is 1.14. The number of hydrogen-bond donors (Lipinski definition) is 0. The van der Waals surface area contributed by atoms with Crippen LogP contribution >= 0.6 is 27.5 Å². The largest absolute Gasteiger partial charge is 0.419 e. The lowest BCUT2D eigenvalue weighted by atomic mass is 10.1. The number of allylic oxidation sites excluding steroid dienone is 1. The lowest BCUT2D eigenvalue weighted by Crippen LogP contribution is -2.41. The Morgan fingerprint density at radius 2 is 1.83 bits per heavy atom. The Bertz CT molecular complexity index is 630. The Balaban J connectivity index is 1.81. The summed E-state index contributed by atoms with van der Waals surface area (Å²) in [6.45, 7) is 3.06. The molecule has 0 bridgehead atoms. The second-order valence-electron chi connectivity index (χ2n) is 5.79. The van der Waals surface area contributed by atoms with Gasteiger partial charge < -0.3 is 9.47 Å². The molecule has 0 saturated carbocycles. The molecule has 6 heteroatoms. The van der Waals surface area contributed by atoms with Gasteiger partial charge in [0.2, 0.25) is 0 Å². The first kappa shape index (κ1) is 18.0. The molecule has 1 aromatic carbocycles. The van der Waals surface area contributed by atoms with Crippen molar-refractivity contribution >= 4 is 39.5 Å². The maximum atomic E-state index is 11.8. The molecule has 1 aromatic rings. The van der Waals surface area contributed by atoms with Crippen LogP contribution in [0.2, 0.25) is 5.02 Å².